The molecule has 3 rings (SSSR count). The van der Waals surface area contributed by atoms with Gasteiger partial charge in [-0.15, -0.1) is 0 Å². The van der Waals surface area contributed by atoms with Gasteiger partial charge >= 0.3 is 0 Å². The largest absolute Gasteiger partial charge is 0.330 e. The van der Waals surface area contributed by atoms with Gasteiger partial charge in [-0.05, 0) is 38.1 Å². The Bertz CT molecular complexity index is 426. The molecule has 0 saturated carbocycles. The van der Waals surface area contributed by atoms with Gasteiger partial charge in [0.2, 0.25) is 0 Å². The van der Waals surface area contributed by atoms with E-state index in [0.717, 1.165) is 6.04 Å². The van der Waals surface area contributed by atoms with Gasteiger partial charge in [-0.1, -0.05) is 13.8 Å². The van der Waals surface area contributed by atoms with Gasteiger partial charge in [0, 0.05) is 30.9 Å². The van der Waals surface area contributed by atoms with E-state index >= 15 is 0 Å². The maximum atomic E-state index is 6.33. The van der Waals surface area contributed by atoms with Crippen molar-refractivity contribution in [3.05, 3.63) is 18.2 Å². The summed E-state index contributed by atoms with van der Waals surface area (Å²) in [6, 6.07) is 1.50. The first-order chi connectivity index (χ1) is 9.16. The molecule has 1 aromatic rings. The average molecular weight is 262 g/mol. The molecule has 0 spiro atoms. The number of rotatable bonds is 3. The van der Waals surface area contributed by atoms with Crippen LogP contribution in [-0.2, 0) is 0 Å². The van der Waals surface area contributed by atoms with Crippen LogP contribution >= 0.6 is 0 Å². The van der Waals surface area contributed by atoms with E-state index in [0.29, 0.717) is 12.0 Å². The van der Waals surface area contributed by atoms with Crippen molar-refractivity contribution in [1.29, 1.82) is 0 Å². The van der Waals surface area contributed by atoms with Crippen LogP contribution in [0.5, 0.6) is 0 Å². The minimum atomic E-state index is 0.101. The number of hydrogen-bond donors (Lipinski definition) is 1. The summed E-state index contributed by atoms with van der Waals surface area (Å²) in [6.45, 7) is 6.91. The standard InChI is InChI=1S/C15H26N4/c1-11(2)15(16)14-9-17-10-19(14)13-5-7-18-6-3-4-12(18)8-13/h9-13,15H,3-8,16H2,1-2H3. The summed E-state index contributed by atoms with van der Waals surface area (Å²) < 4.78 is 2.36. The molecular formula is C15H26N4. The van der Waals surface area contributed by atoms with Crippen LogP contribution in [0.2, 0.25) is 0 Å². The molecule has 0 amide bonds. The Kier molecular flexibility index (Phi) is 3.63. The summed E-state index contributed by atoms with van der Waals surface area (Å²) in [5, 5.41) is 0. The number of hydrogen-bond acceptors (Lipinski definition) is 3. The molecule has 0 bridgehead atoms. The molecule has 2 saturated heterocycles. The van der Waals surface area contributed by atoms with Gasteiger partial charge in [0.15, 0.2) is 0 Å². The Morgan fingerprint density at radius 3 is 2.89 bits per heavy atom. The quantitative estimate of drug-likeness (QED) is 0.909. The summed E-state index contributed by atoms with van der Waals surface area (Å²) in [5.41, 5.74) is 7.54. The molecule has 1 aromatic heterocycles. The number of fused-ring (bicyclic) bond motifs is 1. The first-order valence-electron chi connectivity index (χ1n) is 7.68. The van der Waals surface area contributed by atoms with Crippen molar-refractivity contribution in [3.63, 3.8) is 0 Å². The Morgan fingerprint density at radius 2 is 2.11 bits per heavy atom. The molecule has 3 atom stereocenters. The third-order valence-corrected chi connectivity index (χ3v) is 4.94. The van der Waals surface area contributed by atoms with Crippen LogP contribution in [0, 0.1) is 5.92 Å². The topological polar surface area (TPSA) is 47.1 Å². The summed E-state index contributed by atoms with van der Waals surface area (Å²) >= 11 is 0. The van der Waals surface area contributed by atoms with E-state index < -0.39 is 0 Å². The van der Waals surface area contributed by atoms with E-state index in [4.69, 9.17) is 5.73 Å². The molecule has 0 radical (unpaired) electrons. The molecule has 2 N–H and O–H groups in total. The zero-order chi connectivity index (χ0) is 13.4. The number of nitrogens with two attached hydrogens (primary N) is 1. The highest BCUT2D eigenvalue weighted by atomic mass is 15.2. The van der Waals surface area contributed by atoms with E-state index in [1.54, 1.807) is 0 Å². The lowest BCUT2D eigenvalue weighted by Crippen LogP contribution is -2.39. The lowest BCUT2D eigenvalue weighted by molar-refractivity contribution is 0.153. The summed E-state index contributed by atoms with van der Waals surface area (Å²) in [4.78, 5) is 7.02. The smallest absolute Gasteiger partial charge is 0.0951 e. The van der Waals surface area contributed by atoms with Crippen LogP contribution in [0.15, 0.2) is 12.5 Å². The van der Waals surface area contributed by atoms with Gasteiger partial charge < -0.3 is 15.2 Å². The van der Waals surface area contributed by atoms with Crippen molar-refractivity contribution >= 4 is 0 Å². The highest BCUT2D eigenvalue weighted by Crippen LogP contribution is 2.34. The second-order valence-corrected chi connectivity index (χ2v) is 6.51. The lowest BCUT2D eigenvalue weighted by Gasteiger charge is -2.36. The van der Waals surface area contributed by atoms with Gasteiger partial charge in [0.1, 0.15) is 0 Å². The molecule has 2 aliphatic heterocycles. The summed E-state index contributed by atoms with van der Waals surface area (Å²) in [7, 11) is 0. The SMILES string of the molecule is CC(C)C(N)c1cncn1C1CCN2CCCC2C1. The summed E-state index contributed by atoms with van der Waals surface area (Å²) in [5.74, 6) is 0.460. The van der Waals surface area contributed by atoms with Crippen LogP contribution in [0.1, 0.15) is 57.3 Å². The normalized spacial score (nSPS) is 29.7. The highest BCUT2D eigenvalue weighted by molar-refractivity contribution is 5.08. The third kappa shape index (κ3) is 2.43. The number of imidazole rings is 1. The zero-order valence-electron chi connectivity index (χ0n) is 12.1. The first-order valence-corrected chi connectivity index (χ1v) is 7.68. The predicted octanol–water partition coefficient (Wildman–Crippen LogP) is 2.34. The summed E-state index contributed by atoms with van der Waals surface area (Å²) in [6.07, 6.45) is 9.22. The molecule has 2 aliphatic rings. The van der Waals surface area contributed by atoms with Gasteiger partial charge in [-0.3, -0.25) is 0 Å². The van der Waals surface area contributed by atoms with Gasteiger partial charge in [0.25, 0.3) is 0 Å². The van der Waals surface area contributed by atoms with Crippen molar-refractivity contribution in [3.8, 4) is 0 Å². The third-order valence-electron chi connectivity index (χ3n) is 4.94. The number of piperidine rings is 1. The fraction of sp³-hybridized carbons (Fsp3) is 0.800. The van der Waals surface area contributed by atoms with E-state index in [2.05, 4.69) is 28.3 Å². The van der Waals surface area contributed by atoms with Crippen molar-refractivity contribution in [2.45, 2.75) is 57.7 Å². The van der Waals surface area contributed by atoms with Crippen LogP contribution in [0.3, 0.4) is 0 Å². The van der Waals surface area contributed by atoms with Crippen LogP contribution in [0.25, 0.3) is 0 Å². The van der Waals surface area contributed by atoms with E-state index in [1.165, 1.54) is 44.5 Å². The number of aromatic nitrogens is 2. The van der Waals surface area contributed by atoms with Crippen LogP contribution < -0.4 is 5.73 Å². The Hall–Kier alpha value is -0.870. The zero-order valence-corrected chi connectivity index (χ0v) is 12.1. The molecule has 4 heteroatoms. The maximum Gasteiger partial charge on any atom is 0.0951 e. The monoisotopic (exact) mass is 262 g/mol. The molecular weight excluding hydrogens is 236 g/mol. The molecule has 3 heterocycles. The fourth-order valence-electron chi connectivity index (χ4n) is 3.68. The number of nitrogens with zero attached hydrogens (tertiary/aromatic N) is 3. The molecule has 4 nitrogen and oxygen atoms in total. The minimum absolute atomic E-state index is 0.101. The predicted molar refractivity (Wildman–Crippen MR) is 76.9 cm³/mol. The second-order valence-electron chi connectivity index (χ2n) is 6.51. The van der Waals surface area contributed by atoms with Crippen LogP contribution in [0.4, 0.5) is 0 Å². The van der Waals surface area contributed by atoms with Crippen molar-refractivity contribution in [2.24, 2.45) is 11.7 Å². The van der Waals surface area contributed by atoms with E-state index in [-0.39, 0.29) is 6.04 Å². The molecule has 0 aliphatic carbocycles. The lowest BCUT2D eigenvalue weighted by atomic mass is 9.96. The molecule has 19 heavy (non-hydrogen) atoms. The first kappa shape index (κ1) is 13.1. The van der Waals surface area contributed by atoms with Crippen molar-refractivity contribution < 1.29 is 0 Å². The minimum Gasteiger partial charge on any atom is -0.330 e. The second kappa shape index (κ2) is 5.25. The van der Waals surface area contributed by atoms with Crippen molar-refractivity contribution in [2.75, 3.05) is 13.1 Å². The maximum absolute atomic E-state index is 6.33. The van der Waals surface area contributed by atoms with E-state index in [1.807, 2.05) is 12.5 Å². The van der Waals surface area contributed by atoms with Gasteiger partial charge in [0.05, 0.1) is 12.0 Å². The fourth-order valence-corrected chi connectivity index (χ4v) is 3.68. The highest BCUT2D eigenvalue weighted by Gasteiger charge is 2.33. The van der Waals surface area contributed by atoms with Crippen LogP contribution in [-0.4, -0.2) is 33.6 Å². The molecule has 3 unspecified atom stereocenters. The Labute approximate surface area is 116 Å². The molecule has 2 fully saturated rings. The average Bonchev–Trinajstić information content (AvgIpc) is 3.05. The molecule has 0 aromatic carbocycles. The Balaban J connectivity index is 1.77. The van der Waals surface area contributed by atoms with E-state index in [9.17, 15) is 0 Å². The van der Waals surface area contributed by atoms with Crippen molar-refractivity contribution in [1.82, 2.24) is 14.5 Å². The Morgan fingerprint density at radius 1 is 1.26 bits per heavy atom. The van der Waals surface area contributed by atoms with Gasteiger partial charge in [-0.2, -0.15) is 0 Å². The van der Waals surface area contributed by atoms with Gasteiger partial charge in [-0.25, -0.2) is 4.98 Å². The molecule has 106 valence electrons.